The SMILES string of the molecule is CCc1cccc(Sc2cccc(CC)c2C)c1C. The van der Waals surface area contributed by atoms with E-state index in [1.54, 1.807) is 0 Å². The van der Waals surface area contributed by atoms with Crippen LogP contribution in [0.5, 0.6) is 0 Å². The third-order valence-electron chi connectivity index (χ3n) is 3.77. The molecule has 0 spiro atoms. The molecule has 0 unspecified atom stereocenters. The van der Waals surface area contributed by atoms with Crippen molar-refractivity contribution in [3.8, 4) is 0 Å². The van der Waals surface area contributed by atoms with Crippen LogP contribution in [-0.4, -0.2) is 0 Å². The number of benzene rings is 2. The van der Waals surface area contributed by atoms with Gasteiger partial charge in [-0.1, -0.05) is 49.9 Å². The molecule has 2 aromatic carbocycles. The molecule has 2 aromatic rings. The molecular formula is C18H22S. The van der Waals surface area contributed by atoms with E-state index in [9.17, 15) is 0 Å². The summed E-state index contributed by atoms with van der Waals surface area (Å²) in [5.41, 5.74) is 5.76. The normalized spacial score (nSPS) is 10.7. The molecule has 0 aromatic heterocycles. The number of hydrogen-bond donors (Lipinski definition) is 0. The van der Waals surface area contributed by atoms with E-state index in [0.29, 0.717) is 0 Å². The fraction of sp³-hybridized carbons (Fsp3) is 0.333. The highest BCUT2D eigenvalue weighted by Gasteiger charge is 2.08. The van der Waals surface area contributed by atoms with E-state index in [2.05, 4.69) is 64.1 Å². The van der Waals surface area contributed by atoms with Gasteiger partial charge < -0.3 is 0 Å². The van der Waals surface area contributed by atoms with Crippen LogP contribution in [0.2, 0.25) is 0 Å². The highest BCUT2D eigenvalue weighted by atomic mass is 32.2. The van der Waals surface area contributed by atoms with E-state index < -0.39 is 0 Å². The van der Waals surface area contributed by atoms with Gasteiger partial charge in [-0.25, -0.2) is 0 Å². The molecular weight excluding hydrogens is 248 g/mol. The third kappa shape index (κ3) is 3.03. The summed E-state index contributed by atoms with van der Waals surface area (Å²) in [4.78, 5) is 2.77. The van der Waals surface area contributed by atoms with Gasteiger partial charge in [-0.2, -0.15) is 0 Å². The molecule has 0 saturated heterocycles. The van der Waals surface area contributed by atoms with Gasteiger partial charge in [0.25, 0.3) is 0 Å². The highest BCUT2D eigenvalue weighted by molar-refractivity contribution is 7.99. The lowest BCUT2D eigenvalue weighted by Gasteiger charge is -2.13. The second kappa shape index (κ2) is 6.29. The van der Waals surface area contributed by atoms with Crippen LogP contribution < -0.4 is 0 Å². The maximum atomic E-state index is 2.24. The standard InChI is InChI=1S/C18H22S/c1-5-15-9-7-11-17(13(15)3)19-18-12-8-10-16(6-2)14(18)4/h7-12H,5-6H2,1-4H3. The van der Waals surface area contributed by atoms with Gasteiger partial charge in [0.1, 0.15) is 0 Å². The van der Waals surface area contributed by atoms with Gasteiger partial charge in [0, 0.05) is 9.79 Å². The molecule has 0 atom stereocenters. The van der Waals surface area contributed by atoms with Gasteiger partial charge in [0.15, 0.2) is 0 Å². The Kier molecular flexibility index (Phi) is 4.71. The molecule has 0 aliphatic heterocycles. The molecule has 2 rings (SSSR count). The fourth-order valence-corrected chi connectivity index (χ4v) is 3.52. The molecule has 100 valence electrons. The van der Waals surface area contributed by atoms with Crippen molar-refractivity contribution >= 4 is 11.8 Å². The zero-order chi connectivity index (χ0) is 13.8. The quantitative estimate of drug-likeness (QED) is 0.699. The molecule has 0 fully saturated rings. The van der Waals surface area contributed by atoms with E-state index in [1.165, 1.54) is 32.0 Å². The van der Waals surface area contributed by atoms with Crippen LogP contribution in [0, 0.1) is 13.8 Å². The Morgan fingerprint density at radius 1 is 0.737 bits per heavy atom. The monoisotopic (exact) mass is 270 g/mol. The molecule has 0 amide bonds. The topological polar surface area (TPSA) is 0 Å². The van der Waals surface area contributed by atoms with E-state index in [-0.39, 0.29) is 0 Å². The van der Waals surface area contributed by atoms with Crippen molar-refractivity contribution in [3.63, 3.8) is 0 Å². The molecule has 0 nitrogen and oxygen atoms in total. The molecule has 0 bridgehead atoms. The van der Waals surface area contributed by atoms with Crippen LogP contribution in [-0.2, 0) is 12.8 Å². The van der Waals surface area contributed by atoms with E-state index in [1.807, 2.05) is 11.8 Å². The average molecular weight is 270 g/mol. The Hall–Kier alpha value is -1.21. The van der Waals surface area contributed by atoms with Crippen molar-refractivity contribution in [1.82, 2.24) is 0 Å². The van der Waals surface area contributed by atoms with Gasteiger partial charge in [-0.05, 0) is 61.1 Å². The molecule has 0 radical (unpaired) electrons. The van der Waals surface area contributed by atoms with Crippen molar-refractivity contribution in [3.05, 3.63) is 58.7 Å². The predicted octanol–water partition coefficient (Wildman–Crippen LogP) is 5.58. The lowest BCUT2D eigenvalue weighted by Crippen LogP contribution is -1.91. The molecule has 0 saturated carbocycles. The largest absolute Gasteiger partial charge is 0.0895 e. The van der Waals surface area contributed by atoms with Gasteiger partial charge in [-0.3, -0.25) is 0 Å². The first-order chi connectivity index (χ1) is 9.17. The second-order valence-electron chi connectivity index (χ2n) is 4.89. The highest BCUT2D eigenvalue weighted by Crippen LogP contribution is 2.34. The lowest BCUT2D eigenvalue weighted by molar-refractivity contribution is 1.07. The first-order valence-corrected chi connectivity index (χ1v) is 7.83. The van der Waals surface area contributed by atoms with E-state index >= 15 is 0 Å². The smallest absolute Gasteiger partial charge is 0.0154 e. The first kappa shape index (κ1) is 14.2. The third-order valence-corrected chi connectivity index (χ3v) is 5.10. The van der Waals surface area contributed by atoms with E-state index in [4.69, 9.17) is 0 Å². The Morgan fingerprint density at radius 3 is 1.53 bits per heavy atom. The first-order valence-electron chi connectivity index (χ1n) is 7.02. The maximum Gasteiger partial charge on any atom is 0.0154 e. The minimum Gasteiger partial charge on any atom is -0.0895 e. The number of rotatable bonds is 4. The Morgan fingerprint density at radius 2 is 1.16 bits per heavy atom. The van der Waals surface area contributed by atoms with Crippen LogP contribution >= 0.6 is 11.8 Å². The summed E-state index contributed by atoms with van der Waals surface area (Å²) < 4.78 is 0. The predicted molar refractivity (Wildman–Crippen MR) is 85.2 cm³/mol. The van der Waals surface area contributed by atoms with Crippen LogP contribution in [0.25, 0.3) is 0 Å². The summed E-state index contributed by atoms with van der Waals surface area (Å²) in [6.45, 7) is 8.92. The maximum absolute atomic E-state index is 2.24. The van der Waals surface area contributed by atoms with Crippen molar-refractivity contribution < 1.29 is 0 Å². The van der Waals surface area contributed by atoms with Crippen LogP contribution in [0.4, 0.5) is 0 Å². The summed E-state index contributed by atoms with van der Waals surface area (Å²) >= 11 is 1.90. The Bertz CT molecular complexity index is 518. The summed E-state index contributed by atoms with van der Waals surface area (Å²) in [6, 6.07) is 13.3. The zero-order valence-electron chi connectivity index (χ0n) is 12.3. The zero-order valence-corrected chi connectivity index (χ0v) is 13.1. The lowest BCUT2D eigenvalue weighted by atomic mass is 10.1. The summed E-state index contributed by atoms with van der Waals surface area (Å²) in [5, 5.41) is 0. The van der Waals surface area contributed by atoms with Crippen molar-refractivity contribution in [2.75, 3.05) is 0 Å². The van der Waals surface area contributed by atoms with Crippen molar-refractivity contribution in [1.29, 1.82) is 0 Å². The molecule has 0 heterocycles. The molecule has 0 aliphatic rings. The summed E-state index contributed by atoms with van der Waals surface area (Å²) in [6.07, 6.45) is 2.21. The van der Waals surface area contributed by atoms with Crippen molar-refractivity contribution in [2.24, 2.45) is 0 Å². The van der Waals surface area contributed by atoms with Gasteiger partial charge in [0.2, 0.25) is 0 Å². The van der Waals surface area contributed by atoms with Crippen molar-refractivity contribution in [2.45, 2.75) is 50.3 Å². The minimum absolute atomic E-state index is 1.11. The molecule has 19 heavy (non-hydrogen) atoms. The number of aryl methyl sites for hydroxylation is 2. The fourth-order valence-electron chi connectivity index (χ4n) is 2.43. The van der Waals surface area contributed by atoms with Gasteiger partial charge in [-0.15, -0.1) is 0 Å². The second-order valence-corrected chi connectivity index (χ2v) is 5.97. The molecule has 1 heteroatoms. The minimum atomic E-state index is 1.11. The number of hydrogen-bond acceptors (Lipinski definition) is 1. The van der Waals surface area contributed by atoms with Gasteiger partial charge >= 0.3 is 0 Å². The summed E-state index contributed by atoms with van der Waals surface area (Å²) in [7, 11) is 0. The van der Waals surface area contributed by atoms with Crippen LogP contribution in [0.1, 0.15) is 36.1 Å². The van der Waals surface area contributed by atoms with Crippen LogP contribution in [0.3, 0.4) is 0 Å². The van der Waals surface area contributed by atoms with Crippen LogP contribution in [0.15, 0.2) is 46.2 Å². The van der Waals surface area contributed by atoms with Gasteiger partial charge in [0.05, 0.1) is 0 Å². The van der Waals surface area contributed by atoms with E-state index in [0.717, 1.165) is 12.8 Å². The average Bonchev–Trinajstić information content (AvgIpc) is 2.43. The summed E-state index contributed by atoms with van der Waals surface area (Å²) in [5.74, 6) is 0. The molecule has 0 N–H and O–H groups in total. The Balaban J connectivity index is 2.36. The molecule has 0 aliphatic carbocycles. The Labute approximate surface area is 121 Å².